The molecule has 1 aromatic carbocycles. The number of hydrogen-bond donors (Lipinski definition) is 1. The summed E-state index contributed by atoms with van der Waals surface area (Å²) in [5, 5.41) is 7.16. The van der Waals surface area contributed by atoms with E-state index in [1.54, 1.807) is 42.9 Å². The molecule has 5 rings (SSSR count). The predicted molar refractivity (Wildman–Crippen MR) is 134 cm³/mol. The van der Waals surface area contributed by atoms with Crippen LogP contribution in [0.4, 0.5) is 22.4 Å². The molecule has 0 aliphatic heterocycles. The Hall–Kier alpha value is -3.23. The van der Waals surface area contributed by atoms with Gasteiger partial charge in [-0.25, -0.2) is 18.9 Å². The summed E-state index contributed by atoms with van der Waals surface area (Å²) < 4.78 is 57.4. The van der Waals surface area contributed by atoms with Crippen molar-refractivity contribution in [2.24, 2.45) is 28.2 Å². The first-order chi connectivity index (χ1) is 17.5. The van der Waals surface area contributed by atoms with E-state index in [1.807, 2.05) is 0 Å². The Kier molecular flexibility index (Phi) is 6.36. The van der Waals surface area contributed by atoms with Crippen molar-refractivity contribution in [3.63, 3.8) is 0 Å². The molecular formula is C28H30F4N4O. The highest BCUT2D eigenvalue weighted by atomic mass is 19.4. The van der Waals surface area contributed by atoms with Gasteiger partial charge in [0.2, 0.25) is 0 Å². The van der Waals surface area contributed by atoms with E-state index in [2.05, 4.69) is 28.4 Å². The van der Waals surface area contributed by atoms with E-state index in [9.17, 15) is 22.4 Å². The Morgan fingerprint density at radius 1 is 1.27 bits per heavy atom. The minimum atomic E-state index is -4.39. The van der Waals surface area contributed by atoms with E-state index in [4.69, 9.17) is 0 Å². The molecule has 5 nitrogen and oxygen atoms in total. The van der Waals surface area contributed by atoms with E-state index >= 15 is 0 Å². The van der Waals surface area contributed by atoms with Crippen LogP contribution in [0.2, 0.25) is 0 Å². The molecule has 3 aliphatic carbocycles. The fraction of sp³-hybridized carbons (Fsp3) is 0.464. The molecule has 3 aliphatic rings. The molecular weight excluding hydrogens is 484 g/mol. The largest absolute Gasteiger partial charge is 0.392 e. The zero-order valence-electron chi connectivity index (χ0n) is 21.0. The summed E-state index contributed by atoms with van der Waals surface area (Å²) in [6.07, 6.45) is 4.19. The van der Waals surface area contributed by atoms with Gasteiger partial charge in [0.15, 0.2) is 0 Å². The Morgan fingerprint density at radius 3 is 2.68 bits per heavy atom. The van der Waals surface area contributed by atoms with Crippen molar-refractivity contribution in [3.8, 4) is 5.69 Å². The summed E-state index contributed by atoms with van der Waals surface area (Å²) >= 11 is 0. The average molecular weight is 515 g/mol. The van der Waals surface area contributed by atoms with Gasteiger partial charge >= 0.3 is 12.2 Å². The van der Waals surface area contributed by atoms with Crippen LogP contribution in [0.25, 0.3) is 11.8 Å². The maximum atomic E-state index is 14.1. The molecule has 1 heterocycles. The third-order valence-electron chi connectivity index (χ3n) is 8.00. The molecule has 0 bridgehead atoms. The topological polar surface area (TPSA) is 59.3 Å². The molecule has 1 fully saturated rings. The number of hydrogen-bond acceptors (Lipinski definition) is 2. The van der Waals surface area contributed by atoms with E-state index in [-0.39, 0.29) is 24.2 Å². The molecule has 1 aromatic heterocycles. The molecule has 4 atom stereocenters. The molecule has 2 amide bonds. The van der Waals surface area contributed by atoms with Gasteiger partial charge in [-0.05, 0) is 81.4 Å². The number of rotatable bonds is 3. The number of aromatic nitrogens is 2. The zero-order valence-corrected chi connectivity index (χ0v) is 21.0. The highest BCUT2D eigenvalue weighted by Crippen LogP contribution is 2.58. The Labute approximate surface area is 213 Å². The van der Waals surface area contributed by atoms with Crippen molar-refractivity contribution in [2.45, 2.75) is 58.7 Å². The van der Waals surface area contributed by atoms with Crippen LogP contribution in [-0.2, 0) is 6.42 Å². The van der Waals surface area contributed by atoms with Crippen molar-refractivity contribution in [1.29, 1.82) is 0 Å². The summed E-state index contributed by atoms with van der Waals surface area (Å²) in [4.78, 5) is 16.0. The predicted octanol–water partition coefficient (Wildman–Crippen LogP) is 6.68. The highest BCUT2D eigenvalue weighted by molar-refractivity contribution is 5.85. The van der Waals surface area contributed by atoms with Crippen LogP contribution < -0.4 is 5.32 Å². The number of amides is 2. The monoisotopic (exact) mass is 514 g/mol. The van der Waals surface area contributed by atoms with Crippen LogP contribution in [0.3, 0.4) is 0 Å². The van der Waals surface area contributed by atoms with Crippen molar-refractivity contribution >= 4 is 18.3 Å². The zero-order chi connectivity index (χ0) is 26.5. The number of nitrogens with one attached hydrogen (secondary N) is 1. The van der Waals surface area contributed by atoms with Crippen LogP contribution in [-0.4, -0.2) is 34.2 Å². The first-order valence-corrected chi connectivity index (χ1v) is 12.6. The SMILES string of the molecule is CC(C)NC(=O)N=CC1[C@H](C(F)(F)F)CC=C2[C@@H]1CCC1=Cc3c(cnn3-c3ccc(F)cc3)C[C@@]12C. The fourth-order valence-corrected chi connectivity index (χ4v) is 6.27. The lowest BCUT2D eigenvalue weighted by Crippen LogP contribution is -2.45. The van der Waals surface area contributed by atoms with Crippen molar-refractivity contribution < 1.29 is 22.4 Å². The Balaban J connectivity index is 1.49. The maximum Gasteiger partial charge on any atom is 0.392 e. The van der Waals surface area contributed by atoms with Crippen LogP contribution in [0.1, 0.15) is 51.3 Å². The van der Waals surface area contributed by atoms with E-state index in [0.717, 1.165) is 28.1 Å². The molecule has 0 radical (unpaired) electrons. The summed E-state index contributed by atoms with van der Waals surface area (Å²) in [5.41, 5.74) is 4.38. The third kappa shape index (κ3) is 4.64. The van der Waals surface area contributed by atoms with E-state index in [0.29, 0.717) is 19.3 Å². The van der Waals surface area contributed by atoms with Crippen molar-refractivity contribution in [3.05, 3.63) is 64.8 Å². The van der Waals surface area contributed by atoms with E-state index in [1.165, 1.54) is 18.3 Å². The van der Waals surface area contributed by atoms with Gasteiger partial charge in [-0.1, -0.05) is 24.1 Å². The fourth-order valence-electron chi connectivity index (χ4n) is 6.27. The summed E-state index contributed by atoms with van der Waals surface area (Å²) in [7, 11) is 0. The number of benzene rings is 1. The second-order valence-electron chi connectivity index (χ2n) is 10.8. The number of urea groups is 1. The van der Waals surface area contributed by atoms with Gasteiger partial charge in [0.25, 0.3) is 0 Å². The highest BCUT2D eigenvalue weighted by Gasteiger charge is 2.53. The first-order valence-electron chi connectivity index (χ1n) is 12.6. The second-order valence-corrected chi connectivity index (χ2v) is 10.8. The summed E-state index contributed by atoms with van der Waals surface area (Å²) in [6, 6.07) is 5.35. The van der Waals surface area contributed by atoms with Crippen LogP contribution in [0.5, 0.6) is 0 Å². The number of allylic oxidation sites excluding steroid dienone is 3. The van der Waals surface area contributed by atoms with Gasteiger partial charge in [-0.3, -0.25) is 0 Å². The first kappa shape index (κ1) is 25.4. The van der Waals surface area contributed by atoms with Crippen molar-refractivity contribution in [2.75, 3.05) is 0 Å². The normalized spacial score (nSPS) is 27.3. The number of carbonyl (C=O) groups is 1. The summed E-state index contributed by atoms with van der Waals surface area (Å²) in [6.45, 7) is 5.65. The van der Waals surface area contributed by atoms with Gasteiger partial charge < -0.3 is 5.32 Å². The minimum Gasteiger partial charge on any atom is -0.334 e. The smallest absolute Gasteiger partial charge is 0.334 e. The van der Waals surface area contributed by atoms with Crippen LogP contribution >= 0.6 is 0 Å². The lowest BCUT2D eigenvalue weighted by atomic mass is 9.54. The third-order valence-corrected chi connectivity index (χ3v) is 8.00. The minimum absolute atomic E-state index is 0.137. The number of alkyl halides is 3. The van der Waals surface area contributed by atoms with Gasteiger partial charge in [-0.15, -0.1) is 0 Å². The number of carbonyl (C=O) groups excluding carboxylic acids is 1. The molecule has 1 saturated carbocycles. The quantitative estimate of drug-likeness (QED) is 0.282. The van der Waals surface area contributed by atoms with Crippen LogP contribution in [0, 0.1) is 29.0 Å². The summed E-state index contributed by atoms with van der Waals surface area (Å²) in [5.74, 6) is -3.16. The van der Waals surface area contributed by atoms with Gasteiger partial charge in [-0.2, -0.15) is 18.3 Å². The van der Waals surface area contributed by atoms with E-state index < -0.39 is 29.5 Å². The average Bonchev–Trinajstić information content (AvgIpc) is 3.22. The van der Waals surface area contributed by atoms with Gasteiger partial charge in [0.1, 0.15) is 5.82 Å². The Morgan fingerprint density at radius 2 is 2.00 bits per heavy atom. The molecule has 196 valence electrons. The van der Waals surface area contributed by atoms with Gasteiger partial charge in [0.05, 0.1) is 23.5 Å². The molecule has 0 saturated heterocycles. The molecule has 37 heavy (non-hydrogen) atoms. The lowest BCUT2D eigenvalue weighted by molar-refractivity contribution is -0.187. The number of halogens is 4. The molecule has 2 aromatic rings. The molecule has 1 unspecified atom stereocenters. The van der Waals surface area contributed by atoms with Crippen molar-refractivity contribution in [1.82, 2.24) is 15.1 Å². The standard InChI is InChI=1S/C28H30F4N4O/c1-16(2)35-26(37)33-15-22-21-9-4-18-12-25-17(14-34-36(25)20-7-5-19(29)6-8-20)13-27(18,3)23(21)10-11-24(22)28(30,31)32/h5-8,10,12,14-16,21-22,24H,4,9,11,13H2,1-3H3,(H,35,37)/t21-,22?,24-,27+/m1/s1. The number of nitrogens with zero attached hydrogens (tertiary/aromatic N) is 3. The van der Waals surface area contributed by atoms with Gasteiger partial charge in [0, 0.05) is 23.6 Å². The molecule has 1 N–H and O–H groups in total. The second kappa shape index (κ2) is 9.26. The number of fused-ring (bicyclic) bond motifs is 4. The van der Waals surface area contributed by atoms with Crippen LogP contribution in [0.15, 0.2) is 52.7 Å². The maximum absolute atomic E-state index is 14.1. The molecule has 9 heteroatoms. The molecule has 0 spiro atoms. The Bertz CT molecular complexity index is 1290. The number of aliphatic imine (C=N–C) groups is 1. The lowest BCUT2D eigenvalue weighted by Gasteiger charge is -2.50.